The van der Waals surface area contributed by atoms with Crippen molar-refractivity contribution in [3.8, 4) is 5.75 Å². The Morgan fingerprint density at radius 3 is 2.46 bits per heavy atom. The highest BCUT2D eigenvalue weighted by Crippen LogP contribution is 2.32. The second kappa shape index (κ2) is 6.99. The summed E-state index contributed by atoms with van der Waals surface area (Å²) >= 11 is 0. The molecule has 1 fully saturated rings. The van der Waals surface area contributed by atoms with Crippen molar-refractivity contribution in [2.75, 3.05) is 18.6 Å². The van der Waals surface area contributed by atoms with E-state index in [4.69, 9.17) is 4.74 Å². The van der Waals surface area contributed by atoms with E-state index < -0.39 is 35.5 Å². The van der Waals surface area contributed by atoms with Crippen LogP contribution in [0.5, 0.6) is 5.75 Å². The molecule has 2 aromatic carbocycles. The molecule has 2 atom stereocenters. The van der Waals surface area contributed by atoms with Crippen molar-refractivity contribution < 1.29 is 23.1 Å². The van der Waals surface area contributed by atoms with Gasteiger partial charge in [0.25, 0.3) is 11.8 Å². The number of methoxy groups -OCH3 is 1. The minimum absolute atomic E-state index is 0.0198. The predicted molar refractivity (Wildman–Crippen MR) is 94.7 cm³/mol. The molecule has 144 valence electrons. The molecule has 1 saturated heterocycles. The van der Waals surface area contributed by atoms with Crippen LogP contribution in [0.3, 0.4) is 0 Å². The van der Waals surface area contributed by atoms with E-state index in [0.29, 0.717) is 13.0 Å². The van der Waals surface area contributed by atoms with Crippen molar-refractivity contribution in [3.63, 3.8) is 0 Å². The summed E-state index contributed by atoms with van der Waals surface area (Å²) in [5.41, 5.74) is 0.988. The van der Waals surface area contributed by atoms with Crippen LogP contribution in [0.15, 0.2) is 52.8 Å². The standard InChI is InChI=1S/C19H16F2N4O3/c1-28-13-5-2-11(3-6-13)8-9-24-17-16(22-23-24)18(26)25(19(17)27)12-4-7-14(20)15(21)10-12/h2-7,10,16-17H,8-9H2,1H3/t16-,17+/m1/s1. The topological polar surface area (TPSA) is 74.6 Å². The lowest BCUT2D eigenvalue weighted by Crippen LogP contribution is -2.40. The molecular weight excluding hydrogens is 370 g/mol. The number of imide groups is 1. The van der Waals surface area contributed by atoms with Gasteiger partial charge in [-0.25, -0.2) is 13.7 Å². The van der Waals surface area contributed by atoms with Crippen molar-refractivity contribution in [2.24, 2.45) is 10.3 Å². The maximum Gasteiger partial charge on any atom is 0.263 e. The fraction of sp³-hybridized carbons (Fsp3) is 0.263. The van der Waals surface area contributed by atoms with Crippen LogP contribution in [0.2, 0.25) is 0 Å². The van der Waals surface area contributed by atoms with E-state index in [-0.39, 0.29) is 5.69 Å². The number of nitrogens with zero attached hydrogens (tertiary/aromatic N) is 4. The molecule has 0 N–H and O–H groups in total. The maximum atomic E-state index is 13.5. The Morgan fingerprint density at radius 1 is 1.04 bits per heavy atom. The molecule has 0 aromatic heterocycles. The Labute approximate surface area is 159 Å². The Kier molecular flexibility index (Phi) is 4.50. The molecule has 28 heavy (non-hydrogen) atoms. The molecule has 2 amide bonds. The number of rotatable bonds is 5. The molecule has 0 radical (unpaired) electrons. The highest BCUT2D eigenvalue weighted by Gasteiger charge is 2.54. The van der Waals surface area contributed by atoms with Crippen LogP contribution >= 0.6 is 0 Å². The van der Waals surface area contributed by atoms with E-state index in [0.717, 1.165) is 28.3 Å². The summed E-state index contributed by atoms with van der Waals surface area (Å²) in [6.45, 7) is 0.377. The van der Waals surface area contributed by atoms with Crippen LogP contribution in [0, 0.1) is 11.6 Å². The average molecular weight is 386 g/mol. The highest BCUT2D eigenvalue weighted by atomic mass is 19.2. The zero-order valence-electron chi connectivity index (χ0n) is 14.9. The minimum atomic E-state index is -1.13. The molecule has 2 aliphatic rings. The fourth-order valence-corrected chi connectivity index (χ4v) is 3.32. The first-order chi connectivity index (χ1) is 13.5. The van der Waals surface area contributed by atoms with Gasteiger partial charge in [0.15, 0.2) is 23.7 Å². The monoisotopic (exact) mass is 386 g/mol. The maximum absolute atomic E-state index is 13.5. The van der Waals surface area contributed by atoms with Gasteiger partial charge < -0.3 is 4.74 Å². The number of carbonyl (C=O) groups is 2. The number of ether oxygens (including phenoxy) is 1. The van der Waals surface area contributed by atoms with Crippen molar-refractivity contribution in [3.05, 3.63) is 59.7 Å². The quantitative estimate of drug-likeness (QED) is 0.740. The first kappa shape index (κ1) is 18.0. The molecule has 7 nitrogen and oxygen atoms in total. The van der Waals surface area contributed by atoms with Crippen LogP contribution in [-0.2, 0) is 16.0 Å². The first-order valence-electron chi connectivity index (χ1n) is 8.63. The molecule has 2 aliphatic heterocycles. The number of amides is 2. The van der Waals surface area contributed by atoms with E-state index in [1.54, 1.807) is 7.11 Å². The van der Waals surface area contributed by atoms with E-state index in [1.807, 2.05) is 24.3 Å². The minimum Gasteiger partial charge on any atom is -0.497 e. The first-order valence-corrected chi connectivity index (χ1v) is 8.63. The third-order valence-corrected chi connectivity index (χ3v) is 4.81. The summed E-state index contributed by atoms with van der Waals surface area (Å²) in [6, 6.07) is 8.51. The second-order valence-electron chi connectivity index (χ2n) is 6.47. The Bertz CT molecular complexity index is 964. The largest absolute Gasteiger partial charge is 0.497 e. The van der Waals surface area contributed by atoms with Gasteiger partial charge in [0.1, 0.15) is 5.75 Å². The summed E-state index contributed by atoms with van der Waals surface area (Å²) in [4.78, 5) is 26.2. The number of anilines is 1. The molecule has 9 heteroatoms. The third-order valence-electron chi connectivity index (χ3n) is 4.81. The van der Waals surface area contributed by atoms with Gasteiger partial charge in [-0.3, -0.25) is 14.6 Å². The van der Waals surface area contributed by atoms with Crippen molar-refractivity contribution in [1.29, 1.82) is 0 Å². The van der Waals surface area contributed by atoms with E-state index in [1.165, 1.54) is 11.1 Å². The van der Waals surface area contributed by atoms with Crippen molar-refractivity contribution in [1.82, 2.24) is 5.01 Å². The second-order valence-corrected chi connectivity index (χ2v) is 6.47. The van der Waals surface area contributed by atoms with Crippen molar-refractivity contribution >= 4 is 17.5 Å². The third kappa shape index (κ3) is 2.98. The van der Waals surface area contributed by atoms with Crippen LogP contribution in [-0.4, -0.2) is 42.6 Å². The molecule has 0 saturated carbocycles. The summed E-state index contributed by atoms with van der Waals surface area (Å²) in [5, 5.41) is 9.35. The number of halogens is 2. The van der Waals surface area contributed by atoms with E-state index >= 15 is 0 Å². The van der Waals surface area contributed by atoms with Gasteiger partial charge >= 0.3 is 0 Å². The normalized spacial score (nSPS) is 20.8. The lowest BCUT2D eigenvalue weighted by atomic mass is 10.1. The molecule has 2 aromatic rings. The zero-order valence-corrected chi connectivity index (χ0v) is 14.9. The van der Waals surface area contributed by atoms with Gasteiger partial charge in [0.2, 0.25) is 0 Å². The summed E-state index contributed by atoms with van der Waals surface area (Å²) in [7, 11) is 1.58. The lowest BCUT2D eigenvalue weighted by Gasteiger charge is -2.20. The summed E-state index contributed by atoms with van der Waals surface area (Å²) < 4.78 is 31.8. The summed E-state index contributed by atoms with van der Waals surface area (Å²) in [6.07, 6.45) is 0.582. The Morgan fingerprint density at radius 2 is 1.79 bits per heavy atom. The van der Waals surface area contributed by atoms with Crippen molar-refractivity contribution in [2.45, 2.75) is 18.5 Å². The SMILES string of the molecule is COc1ccc(CCN2N=N[C@H]3C(=O)N(c4ccc(F)c(F)c4)C(=O)[C@H]32)cc1. The van der Waals surface area contributed by atoms with Crippen LogP contribution in [0.1, 0.15) is 5.56 Å². The van der Waals surface area contributed by atoms with Gasteiger partial charge in [0.05, 0.1) is 12.8 Å². The van der Waals surface area contributed by atoms with Gasteiger partial charge in [0, 0.05) is 12.6 Å². The van der Waals surface area contributed by atoms with Crippen LogP contribution in [0.4, 0.5) is 14.5 Å². The number of benzene rings is 2. The number of carbonyl (C=O) groups excluding carboxylic acids is 2. The van der Waals surface area contributed by atoms with Gasteiger partial charge in [-0.1, -0.05) is 17.4 Å². The molecule has 0 unspecified atom stereocenters. The number of hydrogen-bond donors (Lipinski definition) is 0. The highest BCUT2D eigenvalue weighted by molar-refractivity contribution is 6.25. The van der Waals surface area contributed by atoms with Crippen LogP contribution in [0.25, 0.3) is 0 Å². The number of fused-ring (bicyclic) bond motifs is 1. The summed E-state index contributed by atoms with van der Waals surface area (Å²) in [5.74, 6) is -2.60. The molecule has 2 heterocycles. The van der Waals surface area contributed by atoms with Gasteiger partial charge in [-0.05, 0) is 36.2 Å². The number of hydrogen-bond acceptors (Lipinski definition) is 6. The van der Waals surface area contributed by atoms with E-state index in [2.05, 4.69) is 10.3 Å². The van der Waals surface area contributed by atoms with E-state index in [9.17, 15) is 18.4 Å². The molecule has 0 aliphatic carbocycles. The van der Waals surface area contributed by atoms with Crippen LogP contribution < -0.4 is 9.64 Å². The predicted octanol–water partition coefficient (Wildman–Crippen LogP) is 2.51. The molecule has 4 rings (SSSR count). The molecule has 0 spiro atoms. The molecular formula is C19H16F2N4O3. The average Bonchev–Trinajstić information content (AvgIpc) is 3.23. The lowest BCUT2D eigenvalue weighted by molar-refractivity contribution is -0.123. The molecule has 0 bridgehead atoms. The fourth-order valence-electron chi connectivity index (χ4n) is 3.32. The zero-order chi connectivity index (χ0) is 19.8. The van der Waals surface area contributed by atoms with Gasteiger partial charge in [-0.2, -0.15) is 5.11 Å². The Hall–Kier alpha value is -3.36. The Balaban J connectivity index is 1.50. The smallest absolute Gasteiger partial charge is 0.263 e. The van der Waals surface area contributed by atoms with Gasteiger partial charge in [-0.15, -0.1) is 0 Å².